The predicted octanol–water partition coefficient (Wildman–Crippen LogP) is 4.22. The van der Waals surface area contributed by atoms with Crippen LogP contribution in [0.2, 0.25) is 0 Å². The number of carbonyl (C=O) groups excluding carboxylic acids is 1. The summed E-state index contributed by atoms with van der Waals surface area (Å²) >= 11 is 1.62. The molecule has 1 N–H and O–H groups in total. The predicted molar refractivity (Wildman–Crippen MR) is 103 cm³/mol. The van der Waals surface area contributed by atoms with Crippen molar-refractivity contribution in [3.63, 3.8) is 0 Å². The Morgan fingerprint density at radius 3 is 2.54 bits per heavy atom. The van der Waals surface area contributed by atoms with Gasteiger partial charge in [0, 0.05) is 9.79 Å². The van der Waals surface area contributed by atoms with Gasteiger partial charge in [0.1, 0.15) is 12.1 Å². The SMILES string of the molecule is O=C(Cn1nnc2ccccc21)Nc1ccccc1Sc1ccccc1. The maximum Gasteiger partial charge on any atom is 0.246 e. The second-order valence-electron chi connectivity index (χ2n) is 5.70. The van der Waals surface area contributed by atoms with Gasteiger partial charge >= 0.3 is 0 Å². The van der Waals surface area contributed by atoms with Gasteiger partial charge in [-0.25, -0.2) is 4.68 Å². The monoisotopic (exact) mass is 360 g/mol. The first kappa shape index (κ1) is 16.4. The minimum Gasteiger partial charge on any atom is -0.323 e. The number of carbonyl (C=O) groups is 1. The molecule has 26 heavy (non-hydrogen) atoms. The van der Waals surface area contributed by atoms with E-state index in [1.54, 1.807) is 16.4 Å². The van der Waals surface area contributed by atoms with Crippen LogP contribution < -0.4 is 5.32 Å². The number of fused-ring (bicyclic) bond motifs is 1. The summed E-state index contributed by atoms with van der Waals surface area (Å²) in [6.45, 7) is 0.116. The molecule has 0 atom stereocenters. The lowest BCUT2D eigenvalue weighted by Gasteiger charge is -2.11. The van der Waals surface area contributed by atoms with E-state index in [4.69, 9.17) is 0 Å². The number of anilines is 1. The Bertz CT molecular complexity index is 1050. The molecule has 1 heterocycles. The topological polar surface area (TPSA) is 59.8 Å². The Labute approximate surface area is 155 Å². The molecule has 0 saturated carbocycles. The molecule has 3 aromatic carbocycles. The van der Waals surface area contributed by atoms with Crippen molar-refractivity contribution in [3.8, 4) is 0 Å². The summed E-state index contributed by atoms with van der Waals surface area (Å²) < 4.78 is 1.61. The summed E-state index contributed by atoms with van der Waals surface area (Å²) in [6, 6.07) is 25.4. The first-order valence-corrected chi connectivity index (χ1v) is 9.01. The summed E-state index contributed by atoms with van der Waals surface area (Å²) in [5.41, 5.74) is 2.41. The molecule has 0 aliphatic heterocycles. The van der Waals surface area contributed by atoms with Crippen LogP contribution in [-0.4, -0.2) is 20.9 Å². The normalized spacial score (nSPS) is 10.8. The number of hydrogen-bond acceptors (Lipinski definition) is 4. The Morgan fingerprint density at radius 2 is 1.65 bits per heavy atom. The quantitative estimate of drug-likeness (QED) is 0.579. The van der Waals surface area contributed by atoms with Crippen LogP contribution in [0.5, 0.6) is 0 Å². The Kier molecular flexibility index (Phi) is 4.66. The Hall–Kier alpha value is -3.12. The van der Waals surface area contributed by atoms with Crippen molar-refractivity contribution in [1.82, 2.24) is 15.0 Å². The molecule has 0 saturated heterocycles. The van der Waals surface area contributed by atoms with Gasteiger partial charge in [-0.05, 0) is 36.4 Å². The molecular weight excluding hydrogens is 344 g/mol. The minimum atomic E-state index is -0.137. The number of para-hydroxylation sites is 2. The zero-order valence-electron chi connectivity index (χ0n) is 13.9. The van der Waals surface area contributed by atoms with Crippen molar-refractivity contribution in [3.05, 3.63) is 78.9 Å². The Balaban J connectivity index is 1.51. The van der Waals surface area contributed by atoms with E-state index in [0.717, 1.165) is 26.5 Å². The summed E-state index contributed by atoms with van der Waals surface area (Å²) in [5.74, 6) is -0.137. The number of aromatic nitrogens is 3. The van der Waals surface area contributed by atoms with E-state index in [0.29, 0.717) is 0 Å². The third-order valence-electron chi connectivity index (χ3n) is 3.85. The van der Waals surface area contributed by atoms with E-state index < -0.39 is 0 Å². The largest absolute Gasteiger partial charge is 0.323 e. The van der Waals surface area contributed by atoms with Crippen LogP contribution in [0, 0.1) is 0 Å². The number of nitrogens with one attached hydrogen (secondary N) is 1. The van der Waals surface area contributed by atoms with Gasteiger partial charge in [-0.1, -0.05) is 59.4 Å². The maximum atomic E-state index is 12.5. The highest BCUT2D eigenvalue weighted by Crippen LogP contribution is 2.33. The van der Waals surface area contributed by atoms with Crippen molar-refractivity contribution in [2.45, 2.75) is 16.3 Å². The lowest BCUT2D eigenvalue weighted by molar-refractivity contribution is -0.116. The number of rotatable bonds is 5. The molecule has 1 aromatic heterocycles. The van der Waals surface area contributed by atoms with Crippen LogP contribution >= 0.6 is 11.8 Å². The molecule has 128 valence electrons. The second kappa shape index (κ2) is 7.41. The van der Waals surface area contributed by atoms with E-state index in [1.165, 1.54) is 0 Å². The zero-order valence-corrected chi connectivity index (χ0v) is 14.7. The zero-order chi connectivity index (χ0) is 17.8. The van der Waals surface area contributed by atoms with E-state index in [2.05, 4.69) is 15.6 Å². The van der Waals surface area contributed by atoms with E-state index in [1.807, 2.05) is 78.9 Å². The molecule has 0 spiro atoms. The number of amides is 1. The van der Waals surface area contributed by atoms with Gasteiger partial charge < -0.3 is 5.32 Å². The number of nitrogens with zero attached hydrogens (tertiary/aromatic N) is 3. The fourth-order valence-electron chi connectivity index (χ4n) is 2.63. The van der Waals surface area contributed by atoms with E-state index in [9.17, 15) is 4.79 Å². The molecule has 0 aliphatic rings. The minimum absolute atomic E-state index is 0.116. The van der Waals surface area contributed by atoms with Crippen LogP contribution in [-0.2, 0) is 11.3 Å². The van der Waals surface area contributed by atoms with Crippen LogP contribution in [0.1, 0.15) is 0 Å². The van der Waals surface area contributed by atoms with Crippen molar-refractivity contribution in [2.24, 2.45) is 0 Å². The van der Waals surface area contributed by atoms with Gasteiger partial charge in [0.05, 0.1) is 11.2 Å². The Morgan fingerprint density at radius 1 is 0.923 bits per heavy atom. The number of benzene rings is 3. The number of hydrogen-bond donors (Lipinski definition) is 1. The van der Waals surface area contributed by atoms with Gasteiger partial charge in [-0.3, -0.25) is 4.79 Å². The van der Waals surface area contributed by atoms with Gasteiger partial charge in [0.2, 0.25) is 5.91 Å². The first-order valence-electron chi connectivity index (χ1n) is 8.19. The van der Waals surface area contributed by atoms with Crippen molar-refractivity contribution in [1.29, 1.82) is 0 Å². The average Bonchev–Trinajstić information content (AvgIpc) is 3.07. The van der Waals surface area contributed by atoms with Gasteiger partial charge in [-0.15, -0.1) is 5.10 Å². The first-order chi connectivity index (χ1) is 12.8. The van der Waals surface area contributed by atoms with Crippen LogP contribution in [0.25, 0.3) is 11.0 Å². The van der Waals surface area contributed by atoms with Crippen molar-refractivity contribution < 1.29 is 4.79 Å². The van der Waals surface area contributed by atoms with E-state index in [-0.39, 0.29) is 12.5 Å². The lowest BCUT2D eigenvalue weighted by atomic mass is 10.3. The summed E-state index contributed by atoms with van der Waals surface area (Å²) in [6.07, 6.45) is 0. The van der Waals surface area contributed by atoms with Crippen molar-refractivity contribution >= 4 is 34.4 Å². The fourth-order valence-corrected chi connectivity index (χ4v) is 3.56. The molecule has 0 radical (unpaired) electrons. The van der Waals surface area contributed by atoms with Crippen molar-refractivity contribution in [2.75, 3.05) is 5.32 Å². The molecule has 0 aliphatic carbocycles. The molecule has 0 unspecified atom stereocenters. The highest BCUT2D eigenvalue weighted by Gasteiger charge is 2.11. The third-order valence-corrected chi connectivity index (χ3v) is 4.93. The molecule has 1 amide bonds. The van der Waals surface area contributed by atoms with Gasteiger partial charge in [-0.2, -0.15) is 0 Å². The fraction of sp³-hybridized carbons (Fsp3) is 0.0500. The average molecular weight is 360 g/mol. The van der Waals surface area contributed by atoms with E-state index >= 15 is 0 Å². The highest BCUT2D eigenvalue weighted by molar-refractivity contribution is 7.99. The van der Waals surface area contributed by atoms with Gasteiger partial charge in [0.25, 0.3) is 0 Å². The molecule has 4 aromatic rings. The maximum absolute atomic E-state index is 12.5. The van der Waals surface area contributed by atoms with Gasteiger partial charge in [0.15, 0.2) is 0 Å². The molecular formula is C20H16N4OS. The third kappa shape index (κ3) is 3.60. The molecule has 4 rings (SSSR count). The summed E-state index contributed by atoms with van der Waals surface area (Å²) in [4.78, 5) is 14.6. The van der Waals surface area contributed by atoms with Crippen LogP contribution in [0.4, 0.5) is 5.69 Å². The lowest BCUT2D eigenvalue weighted by Crippen LogP contribution is -2.19. The van der Waals surface area contributed by atoms with Crippen LogP contribution in [0.3, 0.4) is 0 Å². The standard InChI is InChI=1S/C20H16N4OS/c25-20(14-24-18-12-6-4-10-16(18)22-23-24)21-17-11-5-7-13-19(17)26-15-8-2-1-3-9-15/h1-13H,14H2,(H,21,25). The summed E-state index contributed by atoms with van der Waals surface area (Å²) in [7, 11) is 0. The molecule has 0 fully saturated rings. The molecule has 0 bridgehead atoms. The smallest absolute Gasteiger partial charge is 0.246 e. The second-order valence-corrected chi connectivity index (χ2v) is 6.81. The highest BCUT2D eigenvalue weighted by atomic mass is 32.2. The summed E-state index contributed by atoms with van der Waals surface area (Å²) in [5, 5.41) is 11.1. The van der Waals surface area contributed by atoms with Crippen LogP contribution in [0.15, 0.2) is 88.7 Å². The molecule has 6 heteroatoms. The molecule has 5 nitrogen and oxygen atoms in total.